The van der Waals surface area contributed by atoms with Crippen LogP contribution in [0.2, 0.25) is 0 Å². The quantitative estimate of drug-likeness (QED) is 0.614. The molecule has 2 unspecified atom stereocenters. The molecule has 1 aliphatic rings. The lowest BCUT2D eigenvalue weighted by molar-refractivity contribution is 0.199. The minimum atomic E-state index is 0.480. The fourth-order valence-electron chi connectivity index (χ4n) is 2.08. The highest BCUT2D eigenvalue weighted by Crippen LogP contribution is 2.62. The summed E-state index contributed by atoms with van der Waals surface area (Å²) in [6, 6.07) is 0. The SMILES string of the molecule is CN(C)CC1CC1(C)C(C)(C)C. The van der Waals surface area contributed by atoms with Gasteiger partial charge in [-0.2, -0.15) is 0 Å². The molecule has 1 aliphatic carbocycles. The number of rotatable bonds is 2. The molecular weight excluding hydrogens is 146 g/mol. The molecular formula is C11H23N. The molecule has 0 aromatic heterocycles. The van der Waals surface area contributed by atoms with Gasteiger partial charge in [0.1, 0.15) is 0 Å². The summed E-state index contributed by atoms with van der Waals surface area (Å²) in [5.74, 6) is 0.924. The van der Waals surface area contributed by atoms with E-state index in [1.54, 1.807) is 0 Å². The van der Waals surface area contributed by atoms with Crippen molar-refractivity contribution in [2.75, 3.05) is 20.6 Å². The number of nitrogens with zero attached hydrogens (tertiary/aromatic N) is 1. The van der Waals surface area contributed by atoms with E-state index in [0.29, 0.717) is 10.8 Å². The molecule has 72 valence electrons. The second-order valence-electron chi connectivity index (χ2n) is 5.83. The predicted molar refractivity (Wildman–Crippen MR) is 54.2 cm³/mol. The smallest absolute Gasteiger partial charge is 0.000918 e. The zero-order chi connectivity index (χ0) is 9.57. The van der Waals surface area contributed by atoms with Crippen molar-refractivity contribution in [3.8, 4) is 0 Å². The molecule has 0 aliphatic heterocycles. The van der Waals surface area contributed by atoms with E-state index < -0.39 is 0 Å². The summed E-state index contributed by atoms with van der Waals surface area (Å²) in [6.07, 6.45) is 1.41. The number of hydrogen-bond donors (Lipinski definition) is 0. The van der Waals surface area contributed by atoms with Gasteiger partial charge in [-0.3, -0.25) is 0 Å². The van der Waals surface area contributed by atoms with Gasteiger partial charge < -0.3 is 4.90 Å². The standard InChI is InChI=1S/C11H23N/c1-10(2,3)11(4)7-9(11)8-12(5)6/h9H,7-8H2,1-6H3. The molecule has 1 heteroatoms. The van der Waals surface area contributed by atoms with Crippen molar-refractivity contribution in [1.29, 1.82) is 0 Å². The first-order valence-electron chi connectivity index (χ1n) is 4.92. The van der Waals surface area contributed by atoms with Crippen LogP contribution in [0.3, 0.4) is 0 Å². The van der Waals surface area contributed by atoms with Gasteiger partial charge >= 0.3 is 0 Å². The third-order valence-corrected chi connectivity index (χ3v) is 3.71. The maximum Gasteiger partial charge on any atom is 0.000918 e. The van der Waals surface area contributed by atoms with Gasteiger partial charge in [-0.1, -0.05) is 27.7 Å². The zero-order valence-electron chi connectivity index (χ0n) is 9.44. The molecule has 1 nitrogen and oxygen atoms in total. The first kappa shape index (κ1) is 10.0. The predicted octanol–water partition coefficient (Wildman–Crippen LogP) is 2.62. The normalized spacial score (nSPS) is 35.8. The molecule has 0 saturated heterocycles. The van der Waals surface area contributed by atoms with Crippen molar-refractivity contribution < 1.29 is 0 Å². The average molecular weight is 169 g/mol. The summed E-state index contributed by atoms with van der Waals surface area (Å²) in [5, 5.41) is 0. The molecule has 0 spiro atoms. The highest BCUT2D eigenvalue weighted by atomic mass is 15.1. The van der Waals surface area contributed by atoms with E-state index >= 15 is 0 Å². The van der Waals surface area contributed by atoms with Crippen molar-refractivity contribution in [2.24, 2.45) is 16.7 Å². The van der Waals surface area contributed by atoms with Gasteiger partial charge in [-0.25, -0.2) is 0 Å². The lowest BCUT2D eigenvalue weighted by Gasteiger charge is -2.29. The molecule has 0 heterocycles. The van der Waals surface area contributed by atoms with Crippen LogP contribution in [-0.4, -0.2) is 25.5 Å². The van der Waals surface area contributed by atoms with Crippen molar-refractivity contribution in [1.82, 2.24) is 4.90 Å². The van der Waals surface area contributed by atoms with E-state index in [4.69, 9.17) is 0 Å². The monoisotopic (exact) mass is 169 g/mol. The van der Waals surface area contributed by atoms with E-state index in [0.717, 1.165) is 5.92 Å². The van der Waals surface area contributed by atoms with E-state index in [-0.39, 0.29) is 0 Å². The van der Waals surface area contributed by atoms with Gasteiger partial charge in [0.05, 0.1) is 0 Å². The van der Waals surface area contributed by atoms with Crippen LogP contribution in [0.4, 0.5) is 0 Å². The van der Waals surface area contributed by atoms with Gasteiger partial charge in [0.25, 0.3) is 0 Å². The van der Waals surface area contributed by atoms with Crippen LogP contribution in [0.25, 0.3) is 0 Å². The Hall–Kier alpha value is -0.0400. The minimum absolute atomic E-state index is 0.480. The Balaban J connectivity index is 2.49. The van der Waals surface area contributed by atoms with Gasteiger partial charge in [0.2, 0.25) is 0 Å². The van der Waals surface area contributed by atoms with Crippen molar-refractivity contribution in [2.45, 2.75) is 34.1 Å². The second-order valence-corrected chi connectivity index (χ2v) is 5.83. The van der Waals surface area contributed by atoms with E-state index in [2.05, 4.69) is 46.7 Å². The van der Waals surface area contributed by atoms with Gasteiger partial charge in [-0.05, 0) is 37.3 Å². The third kappa shape index (κ3) is 1.66. The first-order chi connectivity index (χ1) is 5.27. The van der Waals surface area contributed by atoms with E-state index in [1.165, 1.54) is 13.0 Å². The van der Waals surface area contributed by atoms with Gasteiger partial charge in [0, 0.05) is 6.54 Å². The Bertz CT molecular complexity index is 166. The topological polar surface area (TPSA) is 3.24 Å². The van der Waals surface area contributed by atoms with Crippen LogP contribution in [0.5, 0.6) is 0 Å². The Kier molecular flexibility index (Phi) is 2.28. The van der Waals surface area contributed by atoms with Crippen LogP contribution in [0.15, 0.2) is 0 Å². The average Bonchev–Trinajstić information content (AvgIpc) is 2.39. The molecule has 2 atom stereocenters. The van der Waals surface area contributed by atoms with Crippen LogP contribution in [0, 0.1) is 16.7 Å². The fraction of sp³-hybridized carbons (Fsp3) is 1.00. The summed E-state index contributed by atoms with van der Waals surface area (Å²) in [6.45, 7) is 10.8. The van der Waals surface area contributed by atoms with Crippen LogP contribution in [-0.2, 0) is 0 Å². The molecule has 0 radical (unpaired) electrons. The maximum atomic E-state index is 2.43. The molecule has 1 fully saturated rings. The van der Waals surface area contributed by atoms with Crippen molar-refractivity contribution >= 4 is 0 Å². The fourth-order valence-corrected chi connectivity index (χ4v) is 2.08. The summed E-state index contributed by atoms with van der Waals surface area (Å²) in [5.41, 5.74) is 1.07. The van der Waals surface area contributed by atoms with E-state index in [1.807, 2.05) is 0 Å². The highest BCUT2D eigenvalue weighted by molar-refractivity contribution is 5.06. The molecule has 1 saturated carbocycles. The molecule has 0 N–H and O–H groups in total. The van der Waals surface area contributed by atoms with Crippen LogP contribution in [0.1, 0.15) is 34.1 Å². The molecule has 0 aromatic rings. The summed E-state index contributed by atoms with van der Waals surface area (Å²) in [4.78, 5) is 2.31. The largest absolute Gasteiger partial charge is 0.309 e. The van der Waals surface area contributed by atoms with Gasteiger partial charge in [0.15, 0.2) is 0 Å². The third-order valence-electron chi connectivity index (χ3n) is 3.71. The summed E-state index contributed by atoms with van der Waals surface area (Å²) >= 11 is 0. The maximum absolute atomic E-state index is 2.43. The van der Waals surface area contributed by atoms with E-state index in [9.17, 15) is 0 Å². The van der Waals surface area contributed by atoms with Crippen molar-refractivity contribution in [3.63, 3.8) is 0 Å². The Morgan fingerprint density at radius 3 is 2.08 bits per heavy atom. The highest BCUT2D eigenvalue weighted by Gasteiger charge is 2.56. The Morgan fingerprint density at radius 2 is 1.83 bits per heavy atom. The Morgan fingerprint density at radius 1 is 1.33 bits per heavy atom. The van der Waals surface area contributed by atoms with Crippen LogP contribution < -0.4 is 0 Å². The second kappa shape index (κ2) is 2.73. The lowest BCUT2D eigenvalue weighted by Crippen LogP contribution is -2.25. The first-order valence-corrected chi connectivity index (χ1v) is 4.92. The molecule has 12 heavy (non-hydrogen) atoms. The molecule has 1 rings (SSSR count). The molecule has 0 aromatic carbocycles. The summed E-state index contributed by atoms with van der Waals surface area (Å²) < 4.78 is 0. The van der Waals surface area contributed by atoms with Crippen LogP contribution >= 0.6 is 0 Å². The zero-order valence-corrected chi connectivity index (χ0v) is 9.44. The molecule has 0 amide bonds. The summed E-state index contributed by atoms with van der Waals surface area (Å²) in [7, 11) is 4.34. The number of hydrogen-bond acceptors (Lipinski definition) is 1. The van der Waals surface area contributed by atoms with Crippen molar-refractivity contribution in [3.05, 3.63) is 0 Å². The van der Waals surface area contributed by atoms with Gasteiger partial charge in [-0.15, -0.1) is 0 Å². The lowest BCUT2D eigenvalue weighted by atomic mass is 9.77. The minimum Gasteiger partial charge on any atom is -0.309 e. The Labute approximate surface area is 77.1 Å². The molecule has 0 bridgehead atoms.